The van der Waals surface area contributed by atoms with E-state index in [-0.39, 0.29) is 17.6 Å². The number of rotatable bonds is 3. The Morgan fingerprint density at radius 3 is 3.00 bits per heavy atom. The summed E-state index contributed by atoms with van der Waals surface area (Å²) in [5.74, 6) is 0.651. The van der Waals surface area contributed by atoms with Crippen LogP contribution in [0.15, 0.2) is 18.2 Å². The van der Waals surface area contributed by atoms with Crippen LogP contribution in [0.25, 0.3) is 0 Å². The number of hydrogen-bond donors (Lipinski definition) is 1. The molecule has 0 amide bonds. The first-order valence-corrected chi connectivity index (χ1v) is 6.84. The molecule has 2 atom stereocenters. The zero-order chi connectivity index (χ0) is 13.1. The maximum atomic E-state index is 13.3. The van der Waals surface area contributed by atoms with E-state index >= 15 is 0 Å². The number of hydrogen-bond acceptors (Lipinski definition) is 2. The van der Waals surface area contributed by atoms with Crippen LogP contribution in [0, 0.1) is 11.7 Å². The fraction of sp³-hybridized carbons (Fsp3) is 0.600. The molecule has 0 aromatic heterocycles. The van der Waals surface area contributed by atoms with Crippen LogP contribution in [0.1, 0.15) is 44.7 Å². The van der Waals surface area contributed by atoms with Crippen LogP contribution >= 0.6 is 0 Å². The number of benzene rings is 1. The average molecular weight is 251 g/mol. The first-order valence-electron chi connectivity index (χ1n) is 6.84. The van der Waals surface area contributed by atoms with Gasteiger partial charge in [-0.1, -0.05) is 13.3 Å². The quantitative estimate of drug-likeness (QED) is 0.885. The molecule has 2 rings (SSSR count). The first-order chi connectivity index (χ1) is 8.61. The van der Waals surface area contributed by atoms with Crippen LogP contribution in [0.3, 0.4) is 0 Å². The van der Waals surface area contributed by atoms with E-state index in [0.717, 1.165) is 19.0 Å². The molecule has 0 saturated carbocycles. The summed E-state index contributed by atoms with van der Waals surface area (Å²) in [6, 6.07) is 4.28. The second kappa shape index (κ2) is 5.70. The molecule has 1 aliphatic rings. The van der Waals surface area contributed by atoms with Gasteiger partial charge in [0.25, 0.3) is 0 Å². The Labute approximate surface area is 108 Å². The molecule has 1 aromatic rings. The maximum absolute atomic E-state index is 13.3. The molecular formula is C15H22FNO. The van der Waals surface area contributed by atoms with Crippen molar-refractivity contribution >= 4 is 0 Å². The highest BCUT2D eigenvalue weighted by atomic mass is 19.1. The Hall–Kier alpha value is -1.09. The van der Waals surface area contributed by atoms with Gasteiger partial charge in [0.05, 0.1) is 0 Å². The molecule has 2 nitrogen and oxygen atoms in total. The minimum atomic E-state index is -0.279. The van der Waals surface area contributed by atoms with Crippen molar-refractivity contribution in [3.05, 3.63) is 29.6 Å². The third kappa shape index (κ3) is 2.83. The van der Waals surface area contributed by atoms with Crippen molar-refractivity contribution in [2.24, 2.45) is 5.92 Å². The maximum Gasteiger partial charge on any atom is 0.123 e. The number of nitrogens with zero attached hydrogens (tertiary/aromatic N) is 1. The van der Waals surface area contributed by atoms with E-state index in [9.17, 15) is 9.50 Å². The molecule has 2 unspecified atom stereocenters. The zero-order valence-electron chi connectivity index (χ0n) is 11.2. The molecule has 0 bridgehead atoms. The minimum absolute atomic E-state index is 0.0787. The third-order valence-electron chi connectivity index (χ3n) is 4.12. The molecule has 1 aliphatic heterocycles. The lowest BCUT2D eigenvalue weighted by atomic mass is 9.93. The molecular weight excluding hydrogens is 229 g/mol. The third-order valence-corrected chi connectivity index (χ3v) is 4.12. The number of aromatic hydroxyl groups is 1. The van der Waals surface area contributed by atoms with E-state index in [0.29, 0.717) is 5.56 Å². The lowest BCUT2D eigenvalue weighted by Gasteiger charge is -2.36. The first kappa shape index (κ1) is 13.3. The lowest BCUT2D eigenvalue weighted by molar-refractivity contribution is 0.128. The van der Waals surface area contributed by atoms with Crippen LogP contribution < -0.4 is 0 Å². The van der Waals surface area contributed by atoms with Gasteiger partial charge in [-0.05, 0) is 50.4 Å². The largest absolute Gasteiger partial charge is 0.508 e. The summed E-state index contributed by atoms with van der Waals surface area (Å²) in [7, 11) is 0. The van der Waals surface area contributed by atoms with Gasteiger partial charge in [-0.15, -0.1) is 0 Å². The van der Waals surface area contributed by atoms with Crippen molar-refractivity contribution in [2.75, 3.05) is 13.1 Å². The molecule has 3 heteroatoms. The molecule has 1 aromatic carbocycles. The van der Waals surface area contributed by atoms with E-state index < -0.39 is 0 Å². The van der Waals surface area contributed by atoms with Gasteiger partial charge in [-0.2, -0.15) is 0 Å². The molecule has 100 valence electrons. The highest BCUT2D eigenvalue weighted by Gasteiger charge is 2.24. The van der Waals surface area contributed by atoms with Crippen molar-refractivity contribution in [1.29, 1.82) is 0 Å². The SMILES string of the molecule is CCC1CCCN(C(C)c2cc(F)ccc2O)C1. The fourth-order valence-electron chi connectivity index (χ4n) is 2.84. The van der Waals surface area contributed by atoms with Gasteiger partial charge in [0.1, 0.15) is 11.6 Å². The Morgan fingerprint density at radius 2 is 2.28 bits per heavy atom. The molecule has 1 N–H and O–H groups in total. The molecule has 1 heterocycles. The van der Waals surface area contributed by atoms with E-state index in [2.05, 4.69) is 11.8 Å². The van der Waals surface area contributed by atoms with E-state index in [1.807, 2.05) is 6.92 Å². The van der Waals surface area contributed by atoms with Gasteiger partial charge in [0, 0.05) is 18.2 Å². The molecule has 18 heavy (non-hydrogen) atoms. The Morgan fingerprint density at radius 1 is 1.50 bits per heavy atom. The Kier molecular flexibility index (Phi) is 4.23. The Balaban J connectivity index is 2.14. The zero-order valence-corrected chi connectivity index (χ0v) is 11.2. The van der Waals surface area contributed by atoms with Crippen LogP contribution in [-0.2, 0) is 0 Å². The average Bonchev–Trinajstić information content (AvgIpc) is 2.41. The van der Waals surface area contributed by atoms with Crippen LogP contribution in [-0.4, -0.2) is 23.1 Å². The molecule has 1 fully saturated rings. The topological polar surface area (TPSA) is 23.5 Å². The fourth-order valence-corrected chi connectivity index (χ4v) is 2.84. The summed E-state index contributed by atoms with van der Waals surface area (Å²) in [5, 5.41) is 9.87. The number of phenols is 1. The van der Waals surface area contributed by atoms with Gasteiger partial charge in [-0.25, -0.2) is 4.39 Å². The second-order valence-corrected chi connectivity index (χ2v) is 5.29. The second-order valence-electron chi connectivity index (χ2n) is 5.29. The number of piperidine rings is 1. The van der Waals surface area contributed by atoms with Gasteiger partial charge in [0.15, 0.2) is 0 Å². The van der Waals surface area contributed by atoms with E-state index in [4.69, 9.17) is 0 Å². The van der Waals surface area contributed by atoms with Gasteiger partial charge in [0.2, 0.25) is 0 Å². The number of phenolic OH excluding ortho intramolecular Hbond substituents is 1. The Bertz CT molecular complexity index is 407. The lowest BCUT2D eigenvalue weighted by Crippen LogP contribution is -2.37. The predicted molar refractivity (Wildman–Crippen MR) is 71.1 cm³/mol. The summed E-state index contributed by atoms with van der Waals surface area (Å²) in [5.41, 5.74) is 0.701. The predicted octanol–water partition coefficient (Wildman–Crippen LogP) is 3.71. The van der Waals surface area contributed by atoms with Crippen LogP contribution in [0.4, 0.5) is 4.39 Å². The highest BCUT2D eigenvalue weighted by Crippen LogP contribution is 2.32. The normalized spacial score (nSPS) is 22.9. The van der Waals surface area contributed by atoms with Crippen molar-refractivity contribution < 1.29 is 9.50 Å². The monoisotopic (exact) mass is 251 g/mol. The smallest absolute Gasteiger partial charge is 0.123 e. The van der Waals surface area contributed by atoms with Crippen LogP contribution in [0.5, 0.6) is 5.75 Å². The van der Waals surface area contributed by atoms with E-state index in [1.54, 1.807) is 0 Å². The summed E-state index contributed by atoms with van der Waals surface area (Å²) in [6.07, 6.45) is 3.67. The van der Waals surface area contributed by atoms with Crippen molar-refractivity contribution in [2.45, 2.75) is 39.2 Å². The van der Waals surface area contributed by atoms with Crippen molar-refractivity contribution in [1.82, 2.24) is 4.90 Å². The highest BCUT2D eigenvalue weighted by molar-refractivity contribution is 5.35. The number of halogens is 1. The van der Waals surface area contributed by atoms with E-state index in [1.165, 1.54) is 37.5 Å². The molecule has 0 aliphatic carbocycles. The molecule has 0 radical (unpaired) electrons. The van der Waals surface area contributed by atoms with Gasteiger partial charge >= 0.3 is 0 Å². The summed E-state index contributed by atoms with van der Waals surface area (Å²) in [6.45, 7) is 6.35. The summed E-state index contributed by atoms with van der Waals surface area (Å²) < 4.78 is 13.3. The van der Waals surface area contributed by atoms with Gasteiger partial charge < -0.3 is 5.11 Å². The minimum Gasteiger partial charge on any atom is -0.508 e. The number of likely N-dealkylation sites (tertiary alicyclic amines) is 1. The summed E-state index contributed by atoms with van der Waals surface area (Å²) >= 11 is 0. The molecule has 0 spiro atoms. The summed E-state index contributed by atoms with van der Waals surface area (Å²) in [4.78, 5) is 2.35. The van der Waals surface area contributed by atoms with Crippen molar-refractivity contribution in [3.63, 3.8) is 0 Å². The standard InChI is InChI=1S/C15H22FNO/c1-3-12-5-4-8-17(10-12)11(2)14-9-13(16)6-7-15(14)18/h6-7,9,11-12,18H,3-5,8,10H2,1-2H3. The van der Waals surface area contributed by atoms with Crippen molar-refractivity contribution in [3.8, 4) is 5.75 Å². The van der Waals surface area contributed by atoms with Crippen LogP contribution in [0.2, 0.25) is 0 Å². The van der Waals surface area contributed by atoms with Gasteiger partial charge in [-0.3, -0.25) is 4.90 Å². The molecule has 1 saturated heterocycles.